The lowest BCUT2D eigenvalue weighted by Crippen LogP contribution is -2.22. The summed E-state index contributed by atoms with van der Waals surface area (Å²) in [5, 5.41) is 2.93. The van der Waals surface area contributed by atoms with Crippen molar-refractivity contribution in [3.63, 3.8) is 0 Å². The van der Waals surface area contributed by atoms with Crippen molar-refractivity contribution in [2.24, 2.45) is 0 Å². The molecule has 0 aliphatic rings. The number of benzene rings is 1. The van der Waals surface area contributed by atoms with Crippen LogP contribution in [0.15, 0.2) is 18.2 Å². The smallest absolute Gasteiger partial charge is 0.127 e. The van der Waals surface area contributed by atoms with Crippen molar-refractivity contribution in [1.29, 1.82) is 0 Å². The normalized spacial score (nSPS) is 12.8. The molecule has 84 valence electrons. The van der Waals surface area contributed by atoms with E-state index in [1.807, 2.05) is 0 Å². The molecule has 1 N–H and O–H groups in total. The van der Waals surface area contributed by atoms with Gasteiger partial charge in [0.25, 0.3) is 0 Å². The zero-order valence-electron chi connectivity index (χ0n) is 8.89. The van der Waals surface area contributed by atoms with Gasteiger partial charge in [0.15, 0.2) is 0 Å². The quantitative estimate of drug-likeness (QED) is 0.810. The third-order valence-electron chi connectivity index (χ3n) is 2.22. The van der Waals surface area contributed by atoms with Gasteiger partial charge in [0, 0.05) is 19.6 Å². The fraction of sp³-hybridized carbons (Fsp3) is 0.455. The van der Waals surface area contributed by atoms with E-state index >= 15 is 0 Å². The first-order chi connectivity index (χ1) is 7.19. The minimum atomic E-state index is -0.427. The Bertz CT molecular complexity index is 311. The second-order valence-electron chi connectivity index (χ2n) is 3.38. The Balaban J connectivity index is 2.93. The van der Waals surface area contributed by atoms with Gasteiger partial charge in [-0.3, -0.25) is 0 Å². The zero-order valence-corrected chi connectivity index (χ0v) is 8.89. The van der Waals surface area contributed by atoms with E-state index < -0.39 is 11.6 Å². The topological polar surface area (TPSA) is 21.3 Å². The minimum absolute atomic E-state index is 0.171. The zero-order chi connectivity index (χ0) is 11.3. The number of halogens is 2. The number of ether oxygens (including phenoxy) is 1. The molecule has 0 aliphatic carbocycles. The van der Waals surface area contributed by atoms with Crippen LogP contribution in [-0.4, -0.2) is 27.3 Å². The Morgan fingerprint density at radius 1 is 1.40 bits per heavy atom. The number of hydrogen-bond acceptors (Lipinski definition) is 2. The average molecular weight is 215 g/mol. The summed E-state index contributed by atoms with van der Waals surface area (Å²) in [7, 11) is 3.31. The van der Waals surface area contributed by atoms with Crippen LogP contribution in [0.25, 0.3) is 0 Å². The SMILES string of the molecule is CNCC(COC)c1cc(F)ccc1F. The predicted molar refractivity (Wildman–Crippen MR) is 54.9 cm³/mol. The van der Waals surface area contributed by atoms with Crippen LogP contribution >= 0.6 is 0 Å². The number of likely N-dealkylation sites (N-methyl/N-ethyl adjacent to an activating group) is 1. The lowest BCUT2D eigenvalue weighted by molar-refractivity contribution is 0.177. The molecule has 0 saturated carbocycles. The number of nitrogens with one attached hydrogen (secondary N) is 1. The van der Waals surface area contributed by atoms with E-state index in [1.165, 1.54) is 6.07 Å². The molecule has 0 aliphatic heterocycles. The molecule has 1 atom stereocenters. The summed E-state index contributed by atoms with van der Waals surface area (Å²) in [6, 6.07) is 3.47. The molecule has 4 heteroatoms. The van der Waals surface area contributed by atoms with Gasteiger partial charge in [-0.05, 0) is 30.8 Å². The summed E-state index contributed by atoms with van der Waals surface area (Å²) in [5.74, 6) is -0.993. The third-order valence-corrected chi connectivity index (χ3v) is 2.22. The second kappa shape index (κ2) is 5.78. The molecule has 1 aromatic carbocycles. The fourth-order valence-electron chi connectivity index (χ4n) is 1.53. The molecule has 15 heavy (non-hydrogen) atoms. The van der Waals surface area contributed by atoms with E-state index in [9.17, 15) is 8.78 Å². The largest absolute Gasteiger partial charge is 0.384 e. The maximum absolute atomic E-state index is 13.4. The lowest BCUT2D eigenvalue weighted by atomic mass is 9.99. The fourth-order valence-corrected chi connectivity index (χ4v) is 1.53. The van der Waals surface area contributed by atoms with Crippen LogP contribution in [0, 0.1) is 11.6 Å². The summed E-state index contributed by atoms with van der Waals surface area (Å²) < 4.78 is 31.4. The van der Waals surface area contributed by atoms with Crippen molar-refractivity contribution in [3.8, 4) is 0 Å². The van der Waals surface area contributed by atoms with E-state index in [0.717, 1.165) is 12.1 Å². The summed E-state index contributed by atoms with van der Waals surface area (Å²) in [6.45, 7) is 0.912. The van der Waals surface area contributed by atoms with Gasteiger partial charge in [0.1, 0.15) is 11.6 Å². The number of methoxy groups -OCH3 is 1. The molecule has 0 radical (unpaired) electrons. The Morgan fingerprint density at radius 2 is 2.13 bits per heavy atom. The maximum Gasteiger partial charge on any atom is 0.127 e. The van der Waals surface area contributed by atoms with Crippen LogP contribution in [0.2, 0.25) is 0 Å². The van der Waals surface area contributed by atoms with Gasteiger partial charge in [-0.2, -0.15) is 0 Å². The molecule has 2 nitrogen and oxygen atoms in total. The molecule has 0 spiro atoms. The van der Waals surface area contributed by atoms with Gasteiger partial charge in [0.05, 0.1) is 6.61 Å². The van der Waals surface area contributed by atoms with Crippen LogP contribution in [0.4, 0.5) is 8.78 Å². The standard InChI is InChI=1S/C11H15F2NO/c1-14-6-8(7-15-2)10-5-9(12)3-4-11(10)13/h3-5,8,14H,6-7H2,1-2H3. The summed E-state index contributed by atoms with van der Waals surface area (Å²) in [5.41, 5.74) is 0.353. The third kappa shape index (κ3) is 3.25. The molecule has 1 aromatic rings. The van der Waals surface area contributed by atoms with Crippen LogP contribution in [0.3, 0.4) is 0 Å². The highest BCUT2D eigenvalue weighted by Gasteiger charge is 2.15. The highest BCUT2D eigenvalue weighted by molar-refractivity contribution is 5.23. The average Bonchev–Trinajstić information content (AvgIpc) is 2.21. The van der Waals surface area contributed by atoms with Gasteiger partial charge in [-0.15, -0.1) is 0 Å². The minimum Gasteiger partial charge on any atom is -0.384 e. The monoisotopic (exact) mass is 215 g/mol. The van der Waals surface area contributed by atoms with Gasteiger partial charge in [-0.25, -0.2) is 8.78 Å². The Labute approximate surface area is 88.3 Å². The maximum atomic E-state index is 13.4. The van der Waals surface area contributed by atoms with Crippen LogP contribution in [0.5, 0.6) is 0 Å². The van der Waals surface area contributed by atoms with Crippen molar-refractivity contribution in [2.75, 3.05) is 27.3 Å². The highest BCUT2D eigenvalue weighted by Crippen LogP contribution is 2.20. The lowest BCUT2D eigenvalue weighted by Gasteiger charge is -2.16. The molecular weight excluding hydrogens is 200 g/mol. The van der Waals surface area contributed by atoms with Crippen LogP contribution < -0.4 is 5.32 Å². The van der Waals surface area contributed by atoms with Crippen molar-refractivity contribution < 1.29 is 13.5 Å². The summed E-state index contributed by atoms with van der Waals surface area (Å²) in [6.07, 6.45) is 0. The molecule has 1 unspecified atom stereocenters. The van der Waals surface area contributed by atoms with Crippen molar-refractivity contribution in [3.05, 3.63) is 35.4 Å². The molecule has 0 aromatic heterocycles. The molecule has 1 rings (SSSR count). The summed E-state index contributed by atoms with van der Waals surface area (Å²) in [4.78, 5) is 0. The van der Waals surface area contributed by atoms with E-state index in [1.54, 1.807) is 14.2 Å². The second-order valence-corrected chi connectivity index (χ2v) is 3.38. The van der Waals surface area contributed by atoms with Gasteiger partial charge < -0.3 is 10.1 Å². The van der Waals surface area contributed by atoms with Crippen LogP contribution in [-0.2, 0) is 4.74 Å². The summed E-state index contributed by atoms with van der Waals surface area (Å²) >= 11 is 0. The van der Waals surface area contributed by atoms with E-state index in [0.29, 0.717) is 18.7 Å². The molecule has 0 saturated heterocycles. The number of hydrogen-bond donors (Lipinski definition) is 1. The molecule has 0 fully saturated rings. The highest BCUT2D eigenvalue weighted by atomic mass is 19.1. The first-order valence-corrected chi connectivity index (χ1v) is 4.77. The van der Waals surface area contributed by atoms with Crippen LogP contribution in [0.1, 0.15) is 11.5 Å². The predicted octanol–water partition coefficient (Wildman–Crippen LogP) is 1.91. The molecular formula is C11H15F2NO. The molecule has 0 bridgehead atoms. The Morgan fingerprint density at radius 3 is 2.73 bits per heavy atom. The number of rotatable bonds is 5. The Hall–Kier alpha value is -1.00. The van der Waals surface area contributed by atoms with Gasteiger partial charge in [0.2, 0.25) is 0 Å². The van der Waals surface area contributed by atoms with Gasteiger partial charge >= 0.3 is 0 Å². The Kier molecular flexibility index (Phi) is 4.65. The van der Waals surface area contributed by atoms with E-state index in [4.69, 9.17) is 4.74 Å². The first kappa shape index (κ1) is 12.1. The molecule has 0 heterocycles. The molecule has 0 amide bonds. The first-order valence-electron chi connectivity index (χ1n) is 4.77. The van der Waals surface area contributed by atoms with Crippen molar-refractivity contribution >= 4 is 0 Å². The van der Waals surface area contributed by atoms with Gasteiger partial charge in [-0.1, -0.05) is 0 Å². The van der Waals surface area contributed by atoms with Crippen molar-refractivity contribution in [1.82, 2.24) is 5.32 Å². The van der Waals surface area contributed by atoms with Crippen molar-refractivity contribution in [2.45, 2.75) is 5.92 Å². The van der Waals surface area contributed by atoms with E-state index in [2.05, 4.69) is 5.32 Å². The van der Waals surface area contributed by atoms with E-state index in [-0.39, 0.29) is 5.92 Å².